The summed E-state index contributed by atoms with van der Waals surface area (Å²) in [5.41, 5.74) is 3.06. The van der Waals surface area contributed by atoms with E-state index < -0.39 is 22.7 Å². The number of anilines is 2. The third-order valence-electron chi connectivity index (χ3n) is 5.03. The van der Waals surface area contributed by atoms with Crippen molar-refractivity contribution in [2.24, 2.45) is 0 Å². The van der Waals surface area contributed by atoms with Gasteiger partial charge in [0, 0.05) is 23.4 Å². The van der Waals surface area contributed by atoms with Crippen LogP contribution in [0.3, 0.4) is 0 Å². The Morgan fingerprint density at radius 1 is 1.00 bits per heavy atom. The van der Waals surface area contributed by atoms with Gasteiger partial charge in [-0.1, -0.05) is 17.7 Å². The largest absolute Gasteiger partial charge is 0.462 e. The van der Waals surface area contributed by atoms with Crippen LogP contribution in [0.2, 0.25) is 0 Å². The van der Waals surface area contributed by atoms with E-state index in [1.54, 1.807) is 19.9 Å². The van der Waals surface area contributed by atoms with Crippen LogP contribution < -0.4 is 10.6 Å². The number of nitro benzene ring substituents is 1. The second-order valence-electron chi connectivity index (χ2n) is 7.51. The van der Waals surface area contributed by atoms with Crippen LogP contribution in [0.25, 0.3) is 0 Å². The Balaban J connectivity index is 1.93. The van der Waals surface area contributed by atoms with Gasteiger partial charge in [-0.2, -0.15) is 0 Å². The highest BCUT2D eigenvalue weighted by molar-refractivity contribution is 7.19. The number of benzene rings is 2. The molecule has 0 unspecified atom stereocenters. The Morgan fingerprint density at radius 3 is 2.26 bits per heavy atom. The Labute approximate surface area is 199 Å². The lowest BCUT2D eigenvalue weighted by molar-refractivity contribution is -0.384. The average molecular weight is 482 g/mol. The first kappa shape index (κ1) is 24.6. The average Bonchev–Trinajstić information content (AvgIpc) is 3.11. The summed E-state index contributed by atoms with van der Waals surface area (Å²) in [6, 6.07) is 10.7. The number of hydrogen-bond acceptors (Lipinski definition) is 7. The van der Waals surface area contributed by atoms with Crippen molar-refractivity contribution in [2.75, 3.05) is 17.2 Å². The smallest absolute Gasteiger partial charge is 0.341 e. The number of nitro groups is 1. The number of carbonyl (C=O) groups is 3. The first-order chi connectivity index (χ1) is 16.1. The molecule has 34 heavy (non-hydrogen) atoms. The second-order valence-corrected chi connectivity index (χ2v) is 8.53. The summed E-state index contributed by atoms with van der Waals surface area (Å²) in [5, 5.41) is 16.5. The van der Waals surface area contributed by atoms with Gasteiger partial charge >= 0.3 is 5.97 Å². The van der Waals surface area contributed by atoms with Crippen LogP contribution in [0.4, 0.5) is 16.4 Å². The molecule has 2 amide bonds. The van der Waals surface area contributed by atoms with Crippen molar-refractivity contribution in [3.63, 3.8) is 0 Å². The summed E-state index contributed by atoms with van der Waals surface area (Å²) < 4.78 is 5.13. The van der Waals surface area contributed by atoms with Gasteiger partial charge in [-0.25, -0.2) is 4.79 Å². The minimum atomic E-state index is -0.666. The van der Waals surface area contributed by atoms with Crippen molar-refractivity contribution >= 4 is 45.5 Å². The van der Waals surface area contributed by atoms with Gasteiger partial charge in [-0.05, 0) is 57.0 Å². The zero-order valence-corrected chi connectivity index (χ0v) is 19.9. The fourth-order valence-electron chi connectivity index (χ4n) is 3.31. The number of nitrogens with one attached hydrogen (secondary N) is 2. The van der Waals surface area contributed by atoms with Crippen LogP contribution in [0, 0.1) is 30.9 Å². The van der Waals surface area contributed by atoms with Gasteiger partial charge in [0.15, 0.2) is 0 Å². The fraction of sp³-hybridized carbons (Fsp3) is 0.208. The van der Waals surface area contributed by atoms with E-state index in [-0.39, 0.29) is 33.3 Å². The molecule has 0 radical (unpaired) electrons. The third kappa shape index (κ3) is 5.29. The molecule has 176 valence electrons. The van der Waals surface area contributed by atoms with E-state index in [2.05, 4.69) is 10.6 Å². The predicted molar refractivity (Wildman–Crippen MR) is 130 cm³/mol. The van der Waals surface area contributed by atoms with Crippen molar-refractivity contribution in [3.8, 4) is 0 Å². The maximum atomic E-state index is 13.0. The number of carbonyl (C=O) groups excluding carboxylic acids is 3. The summed E-state index contributed by atoms with van der Waals surface area (Å²) in [7, 11) is 0. The minimum Gasteiger partial charge on any atom is -0.462 e. The molecular formula is C24H23N3O6S. The van der Waals surface area contributed by atoms with E-state index >= 15 is 0 Å². The van der Waals surface area contributed by atoms with Crippen LogP contribution in [-0.4, -0.2) is 29.3 Å². The number of non-ortho nitro benzene ring substituents is 1. The lowest BCUT2D eigenvalue weighted by atomic mass is 10.1. The highest BCUT2D eigenvalue weighted by atomic mass is 32.1. The molecule has 0 atom stereocenters. The van der Waals surface area contributed by atoms with Crippen molar-refractivity contribution in [3.05, 3.63) is 85.3 Å². The van der Waals surface area contributed by atoms with Gasteiger partial charge in [0.25, 0.3) is 17.5 Å². The van der Waals surface area contributed by atoms with E-state index in [1.165, 1.54) is 24.3 Å². The number of thiophene rings is 1. The topological polar surface area (TPSA) is 128 Å². The van der Waals surface area contributed by atoms with E-state index in [0.29, 0.717) is 11.3 Å². The van der Waals surface area contributed by atoms with Gasteiger partial charge in [-0.3, -0.25) is 19.7 Å². The van der Waals surface area contributed by atoms with E-state index in [1.807, 2.05) is 26.0 Å². The first-order valence-electron chi connectivity index (χ1n) is 10.4. The van der Waals surface area contributed by atoms with E-state index in [4.69, 9.17) is 4.74 Å². The Bertz CT molecular complexity index is 1280. The summed E-state index contributed by atoms with van der Waals surface area (Å²) in [6.07, 6.45) is 0. The Kier molecular flexibility index (Phi) is 7.42. The Hall–Kier alpha value is -4.05. The van der Waals surface area contributed by atoms with Crippen molar-refractivity contribution in [2.45, 2.75) is 27.7 Å². The third-order valence-corrected chi connectivity index (χ3v) is 6.24. The van der Waals surface area contributed by atoms with Crippen LogP contribution in [-0.2, 0) is 4.74 Å². The van der Waals surface area contributed by atoms with E-state index in [0.717, 1.165) is 22.5 Å². The van der Waals surface area contributed by atoms with E-state index in [9.17, 15) is 24.5 Å². The number of ether oxygens (including phenoxy) is 1. The molecule has 0 spiro atoms. The first-order valence-corrected chi connectivity index (χ1v) is 11.2. The summed E-state index contributed by atoms with van der Waals surface area (Å²) in [4.78, 5) is 49.0. The molecule has 0 aliphatic rings. The zero-order valence-electron chi connectivity index (χ0n) is 19.1. The van der Waals surface area contributed by atoms with Gasteiger partial charge < -0.3 is 15.4 Å². The molecule has 0 aliphatic heterocycles. The molecule has 0 bridgehead atoms. The number of esters is 1. The normalized spacial score (nSPS) is 10.5. The molecule has 3 rings (SSSR count). The predicted octanol–water partition coefficient (Wildman–Crippen LogP) is 5.26. The van der Waals surface area contributed by atoms with Gasteiger partial charge in [0.05, 0.1) is 22.0 Å². The summed E-state index contributed by atoms with van der Waals surface area (Å²) in [6.45, 7) is 7.22. The summed E-state index contributed by atoms with van der Waals surface area (Å²) in [5.74, 6) is -1.67. The molecule has 1 heterocycles. The highest BCUT2D eigenvalue weighted by Crippen LogP contribution is 2.35. The van der Waals surface area contributed by atoms with Crippen molar-refractivity contribution in [1.29, 1.82) is 0 Å². The lowest BCUT2D eigenvalue weighted by Crippen LogP contribution is -2.15. The van der Waals surface area contributed by atoms with Crippen LogP contribution in [0.5, 0.6) is 0 Å². The highest BCUT2D eigenvalue weighted by Gasteiger charge is 2.27. The standard InChI is InChI=1S/C24H23N3O6S/c1-5-33-24(30)19-15(4)20(22(29)25-18-11-6-13(2)12-14(18)3)34-23(19)26-21(28)16-7-9-17(10-8-16)27(31)32/h6-12H,5H2,1-4H3,(H,25,29)(H,26,28). The Morgan fingerprint density at radius 2 is 1.68 bits per heavy atom. The number of rotatable bonds is 7. The maximum absolute atomic E-state index is 13.0. The van der Waals surface area contributed by atoms with Crippen LogP contribution in [0.1, 0.15) is 54.0 Å². The van der Waals surface area contributed by atoms with Crippen molar-refractivity contribution in [1.82, 2.24) is 0 Å². The SMILES string of the molecule is CCOC(=O)c1c(NC(=O)c2ccc([N+](=O)[O-])cc2)sc(C(=O)Nc2ccc(C)cc2C)c1C. The molecule has 0 aliphatic carbocycles. The summed E-state index contributed by atoms with van der Waals surface area (Å²) >= 11 is 0.955. The molecule has 0 fully saturated rings. The van der Waals surface area contributed by atoms with Gasteiger partial charge in [0.2, 0.25) is 0 Å². The van der Waals surface area contributed by atoms with Gasteiger partial charge in [-0.15, -0.1) is 11.3 Å². The molecule has 3 aromatic rings. The number of amides is 2. The zero-order chi connectivity index (χ0) is 25.0. The number of nitrogens with zero attached hydrogens (tertiary/aromatic N) is 1. The monoisotopic (exact) mass is 481 g/mol. The quantitative estimate of drug-likeness (QED) is 0.269. The molecule has 0 saturated heterocycles. The van der Waals surface area contributed by atoms with Gasteiger partial charge in [0.1, 0.15) is 5.00 Å². The number of aryl methyl sites for hydroxylation is 2. The molecule has 10 heteroatoms. The molecule has 0 saturated carbocycles. The molecule has 2 N–H and O–H groups in total. The molecular weight excluding hydrogens is 458 g/mol. The molecule has 2 aromatic carbocycles. The van der Waals surface area contributed by atoms with Crippen LogP contribution >= 0.6 is 11.3 Å². The fourth-order valence-corrected chi connectivity index (χ4v) is 4.40. The van der Waals surface area contributed by atoms with Crippen molar-refractivity contribution < 1.29 is 24.0 Å². The molecule has 1 aromatic heterocycles. The second kappa shape index (κ2) is 10.3. The minimum absolute atomic E-state index is 0.0906. The lowest BCUT2D eigenvalue weighted by Gasteiger charge is -2.09. The molecule has 9 nitrogen and oxygen atoms in total. The number of hydrogen-bond donors (Lipinski definition) is 2. The maximum Gasteiger partial charge on any atom is 0.341 e. The van der Waals surface area contributed by atoms with Crippen LogP contribution in [0.15, 0.2) is 42.5 Å².